The lowest BCUT2D eigenvalue weighted by atomic mass is 10.5. The number of hydrogen-bond acceptors (Lipinski definition) is 2. The molecule has 0 unspecified atom stereocenters. The molecule has 0 saturated carbocycles. The van der Waals surface area contributed by atoms with Gasteiger partial charge in [-0.25, -0.2) is 8.42 Å². The minimum Gasteiger partial charge on any atom is -0.212 e. The molecular weight excluding hydrogens is 150 g/mol. The molecule has 1 rings (SSSR count). The van der Waals surface area contributed by atoms with Crippen molar-refractivity contribution in [2.24, 2.45) is 0 Å². The zero-order chi connectivity index (χ0) is 7.61. The van der Waals surface area contributed by atoms with Gasteiger partial charge in [0.05, 0.1) is 5.75 Å². The van der Waals surface area contributed by atoms with Crippen molar-refractivity contribution in [2.45, 2.75) is 6.42 Å². The SMILES string of the molecule is C=CCN1CCCS1(=O)=O. The second-order valence-electron chi connectivity index (χ2n) is 2.32. The highest BCUT2D eigenvalue weighted by molar-refractivity contribution is 7.89. The lowest BCUT2D eigenvalue weighted by Crippen LogP contribution is -2.25. The third-order valence-electron chi connectivity index (χ3n) is 1.54. The molecule has 0 radical (unpaired) electrons. The zero-order valence-electron chi connectivity index (χ0n) is 5.78. The van der Waals surface area contributed by atoms with Gasteiger partial charge in [0.25, 0.3) is 0 Å². The van der Waals surface area contributed by atoms with Crippen LogP contribution in [0, 0.1) is 0 Å². The molecule has 1 aliphatic heterocycles. The summed E-state index contributed by atoms with van der Waals surface area (Å²) in [6.45, 7) is 4.61. The zero-order valence-corrected chi connectivity index (χ0v) is 6.60. The van der Waals surface area contributed by atoms with Crippen molar-refractivity contribution in [1.82, 2.24) is 4.31 Å². The molecule has 0 aromatic heterocycles. The van der Waals surface area contributed by atoms with Crippen LogP contribution in [0.1, 0.15) is 6.42 Å². The Balaban J connectivity index is 2.69. The molecule has 1 aliphatic rings. The van der Waals surface area contributed by atoms with Crippen molar-refractivity contribution in [1.29, 1.82) is 0 Å². The smallest absolute Gasteiger partial charge is 0.212 e. The summed E-state index contributed by atoms with van der Waals surface area (Å²) in [5.41, 5.74) is 0. The molecule has 0 aliphatic carbocycles. The maximum absolute atomic E-state index is 11.0. The summed E-state index contributed by atoms with van der Waals surface area (Å²) in [5, 5.41) is 0. The lowest BCUT2D eigenvalue weighted by molar-refractivity contribution is 0.479. The molecule has 0 amide bonds. The van der Waals surface area contributed by atoms with Crippen molar-refractivity contribution in [3.63, 3.8) is 0 Å². The summed E-state index contributed by atoms with van der Waals surface area (Å²) < 4.78 is 23.5. The molecule has 0 N–H and O–H groups in total. The Labute approximate surface area is 61.4 Å². The van der Waals surface area contributed by atoms with E-state index in [9.17, 15) is 8.42 Å². The third-order valence-corrected chi connectivity index (χ3v) is 3.46. The maximum atomic E-state index is 11.0. The maximum Gasteiger partial charge on any atom is 0.214 e. The molecular formula is C6H11NO2S. The molecule has 3 nitrogen and oxygen atoms in total. The Bertz CT molecular complexity index is 220. The van der Waals surface area contributed by atoms with Gasteiger partial charge in [-0.3, -0.25) is 0 Å². The van der Waals surface area contributed by atoms with Gasteiger partial charge in [-0.15, -0.1) is 6.58 Å². The van der Waals surface area contributed by atoms with E-state index in [2.05, 4.69) is 6.58 Å². The Kier molecular flexibility index (Phi) is 2.11. The first-order valence-electron chi connectivity index (χ1n) is 3.25. The second kappa shape index (κ2) is 2.72. The van der Waals surface area contributed by atoms with Crippen molar-refractivity contribution >= 4 is 10.0 Å². The fourth-order valence-corrected chi connectivity index (χ4v) is 2.53. The summed E-state index contributed by atoms with van der Waals surface area (Å²) in [5.74, 6) is 0.306. The fourth-order valence-electron chi connectivity index (χ4n) is 1.04. The molecule has 0 atom stereocenters. The van der Waals surface area contributed by atoms with Crippen LogP contribution in [0.15, 0.2) is 12.7 Å². The van der Waals surface area contributed by atoms with Crippen LogP contribution in [0.2, 0.25) is 0 Å². The lowest BCUT2D eigenvalue weighted by Gasteiger charge is -2.09. The molecule has 1 fully saturated rings. The largest absolute Gasteiger partial charge is 0.214 e. The van der Waals surface area contributed by atoms with E-state index in [0.29, 0.717) is 18.8 Å². The predicted octanol–water partition coefficient (Wildman–Crippen LogP) is 0.208. The van der Waals surface area contributed by atoms with Gasteiger partial charge in [-0.05, 0) is 6.42 Å². The van der Waals surface area contributed by atoms with E-state index in [4.69, 9.17) is 0 Å². The highest BCUT2D eigenvalue weighted by Gasteiger charge is 2.26. The summed E-state index contributed by atoms with van der Waals surface area (Å²) in [7, 11) is -2.89. The van der Waals surface area contributed by atoms with E-state index in [1.54, 1.807) is 6.08 Å². The quantitative estimate of drug-likeness (QED) is 0.543. The Morgan fingerprint density at radius 1 is 1.60 bits per heavy atom. The average Bonchev–Trinajstić information content (AvgIpc) is 2.13. The first-order chi connectivity index (χ1) is 4.67. The molecule has 0 aromatic carbocycles. The minimum atomic E-state index is -2.89. The number of sulfonamides is 1. The molecule has 1 saturated heterocycles. The van der Waals surface area contributed by atoms with E-state index in [1.807, 2.05) is 0 Å². The first-order valence-corrected chi connectivity index (χ1v) is 4.86. The van der Waals surface area contributed by atoms with Crippen molar-refractivity contribution in [3.8, 4) is 0 Å². The Morgan fingerprint density at radius 2 is 2.30 bits per heavy atom. The first kappa shape index (κ1) is 7.75. The summed E-state index contributed by atoms with van der Waals surface area (Å²) in [4.78, 5) is 0. The van der Waals surface area contributed by atoms with Crippen LogP contribution in [-0.2, 0) is 10.0 Å². The van der Waals surface area contributed by atoms with Crippen LogP contribution < -0.4 is 0 Å². The fraction of sp³-hybridized carbons (Fsp3) is 0.667. The van der Waals surface area contributed by atoms with Gasteiger partial charge < -0.3 is 0 Å². The topological polar surface area (TPSA) is 37.4 Å². The Morgan fingerprint density at radius 3 is 2.70 bits per heavy atom. The molecule has 4 heteroatoms. The van der Waals surface area contributed by atoms with Crippen molar-refractivity contribution in [3.05, 3.63) is 12.7 Å². The van der Waals surface area contributed by atoms with Gasteiger partial charge in [0.2, 0.25) is 10.0 Å². The highest BCUT2D eigenvalue weighted by Crippen LogP contribution is 2.11. The minimum absolute atomic E-state index is 0.306. The van der Waals surface area contributed by atoms with E-state index in [0.717, 1.165) is 6.42 Å². The number of nitrogens with zero attached hydrogens (tertiary/aromatic N) is 1. The van der Waals surface area contributed by atoms with E-state index in [1.165, 1.54) is 4.31 Å². The third kappa shape index (κ3) is 1.38. The summed E-state index contributed by atoms with van der Waals surface area (Å²) >= 11 is 0. The van der Waals surface area contributed by atoms with Gasteiger partial charge in [0.1, 0.15) is 0 Å². The predicted molar refractivity (Wildman–Crippen MR) is 40.2 cm³/mol. The molecule has 10 heavy (non-hydrogen) atoms. The monoisotopic (exact) mass is 161 g/mol. The van der Waals surface area contributed by atoms with Gasteiger partial charge in [-0.2, -0.15) is 4.31 Å². The van der Waals surface area contributed by atoms with E-state index in [-0.39, 0.29) is 0 Å². The van der Waals surface area contributed by atoms with Gasteiger partial charge in [0, 0.05) is 13.1 Å². The van der Waals surface area contributed by atoms with Gasteiger partial charge in [0.15, 0.2) is 0 Å². The number of hydrogen-bond donors (Lipinski definition) is 0. The molecule has 0 spiro atoms. The van der Waals surface area contributed by atoms with Gasteiger partial charge >= 0.3 is 0 Å². The van der Waals surface area contributed by atoms with Crippen LogP contribution in [0.4, 0.5) is 0 Å². The van der Waals surface area contributed by atoms with Crippen LogP contribution in [-0.4, -0.2) is 31.6 Å². The van der Waals surface area contributed by atoms with Crippen LogP contribution in [0.5, 0.6) is 0 Å². The molecule has 1 heterocycles. The van der Waals surface area contributed by atoms with Crippen molar-refractivity contribution < 1.29 is 8.42 Å². The molecule has 58 valence electrons. The van der Waals surface area contributed by atoms with Crippen molar-refractivity contribution in [2.75, 3.05) is 18.8 Å². The van der Waals surface area contributed by atoms with Crippen LogP contribution in [0.25, 0.3) is 0 Å². The van der Waals surface area contributed by atoms with Crippen LogP contribution >= 0.6 is 0 Å². The number of rotatable bonds is 2. The standard InChI is InChI=1S/C6H11NO2S/c1-2-4-7-5-3-6-10(7,8)9/h2H,1,3-6H2. The normalized spacial score (nSPS) is 24.8. The van der Waals surface area contributed by atoms with Crippen LogP contribution in [0.3, 0.4) is 0 Å². The van der Waals surface area contributed by atoms with E-state index >= 15 is 0 Å². The summed E-state index contributed by atoms with van der Waals surface area (Å²) in [6, 6.07) is 0. The van der Waals surface area contributed by atoms with E-state index < -0.39 is 10.0 Å². The Hall–Kier alpha value is -0.350. The highest BCUT2D eigenvalue weighted by atomic mass is 32.2. The average molecular weight is 161 g/mol. The summed E-state index contributed by atoms with van der Waals surface area (Å²) in [6.07, 6.45) is 2.37. The van der Waals surface area contributed by atoms with Gasteiger partial charge in [-0.1, -0.05) is 6.08 Å². The second-order valence-corrected chi connectivity index (χ2v) is 4.40. The molecule has 0 aromatic rings. The molecule has 0 bridgehead atoms.